The Hall–Kier alpha value is -0.530. The number of nitrogens with zero attached hydrogens (tertiary/aromatic N) is 1. The molecular weight excluding hydrogens is 138 g/mol. The van der Waals surface area contributed by atoms with Crippen molar-refractivity contribution in [1.82, 2.24) is 4.90 Å². The monoisotopic (exact) mass is 155 g/mol. The van der Waals surface area contributed by atoms with E-state index in [1.807, 2.05) is 4.90 Å². The summed E-state index contributed by atoms with van der Waals surface area (Å²) in [4.78, 5) is 13.1. The summed E-state index contributed by atoms with van der Waals surface area (Å²) in [5, 5.41) is 0. The zero-order chi connectivity index (χ0) is 8.43. The van der Waals surface area contributed by atoms with Gasteiger partial charge in [0.15, 0.2) is 0 Å². The molecule has 0 aromatic rings. The van der Waals surface area contributed by atoms with Crippen LogP contribution in [0.4, 0.5) is 0 Å². The Morgan fingerprint density at radius 1 is 1.64 bits per heavy atom. The van der Waals surface area contributed by atoms with Crippen molar-refractivity contribution in [2.24, 2.45) is 5.92 Å². The molecule has 0 spiro atoms. The number of hydrogen-bond donors (Lipinski definition) is 0. The van der Waals surface area contributed by atoms with Gasteiger partial charge in [0.2, 0.25) is 5.91 Å². The Morgan fingerprint density at radius 3 is 2.64 bits per heavy atom. The molecular formula is C9H17NO. The van der Waals surface area contributed by atoms with Crippen LogP contribution < -0.4 is 0 Å². The molecule has 0 radical (unpaired) electrons. The van der Waals surface area contributed by atoms with Crippen LogP contribution in [0.2, 0.25) is 0 Å². The highest BCUT2D eigenvalue weighted by molar-refractivity contribution is 5.73. The molecule has 0 bridgehead atoms. The Kier molecular flexibility index (Phi) is 2.53. The lowest BCUT2D eigenvalue weighted by Crippen LogP contribution is -2.33. The van der Waals surface area contributed by atoms with E-state index in [4.69, 9.17) is 0 Å². The Balaban J connectivity index is 2.57. The van der Waals surface area contributed by atoms with Crippen molar-refractivity contribution >= 4 is 5.91 Å². The number of carbonyl (C=O) groups excluding carboxylic acids is 1. The molecule has 1 saturated heterocycles. The van der Waals surface area contributed by atoms with Gasteiger partial charge in [-0.25, -0.2) is 0 Å². The maximum absolute atomic E-state index is 11.1. The molecule has 1 amide bonds. The molecule has 2 nitrogen and oxygen atoms in total. The molecule has 1 aliphatic heterocycles. The fraction of sp³-hybridized carbons (Fsp3) is 0.889. The first-order valence-corrected chi connectivity index (χ1v) is 4.42. The number of amides is 1. The van der Waals surface area contributed by atoms with E-state index in [1.54, 1.807) is 6.92 Å². The summed E-state index contributed by atoms with van der Waals surface area (Å²) in [6.07, 6.45) is 2.29. The van der Waals surface area contributed by atoms with Crippen LogP contribution >= 0.6 is 0 Å². The molecule has 1 heterocycles. The average Bonchev–Trinajstić information content (AvgIpc) is 2.30. The largest absolute Gasteiger partial charge is 0.340 e. The van der Waals surface area contributed by atoms with Crippen LogP contribution in [0.3, 0.4) is 0 Å². The van der Waals surface area contributed by atoms with Crippen molar-refractivity contribution in [1.29, 1.82) is 0 Å². The highest BCUT2D eigenvalue weighted by atomic mass is 16.2. The summed E-state index contributed by atoms with van der Waals surface area (Å²) in [6, 6.07) is 0.516. The first-order chi connectivity index (χ1) is 5.15. The van der Waals surface area contributed by atoms with Crippen molar-refractivity contribution in [3.8, 4) is 0 Å². The predicted octanol–water partition coefficient (Wildman–Crippen LogP) is 1.65. The van der Waals surface area contributed by atoms with Gasteiger partial charge < -0.3 is 4.90 Å². The van der Waals surface area contributed by atoms with Gasteiger partial charge in [-0.2, -0.15) is 0 Å². The van der Waals surface area contributed by atoms with E-state index in [9.17, 15) is 4.79 Å². The number of carbonyl (C=O) groups is 1. The minimum atomic E-state index is 0.237. The minimum Gasteiger partial charge on any atom is -0.340 e. The molecule has 2 atom stereocenters. The highest BCUT2D eigenvalue weighted by Crippen LogP contribution is 2.24. The molecule has 2 heteroatoms. The molecule has 0 aromatic carbocycles. The van der Waals surface area contributed by atoms with Crippen LogP contribution in [-0.4, -0.2) is 23.4 Å². The quantitative estimate of drug-likeness (QED) is 0.564. The molecule has 0 saturated carbocycles. The van der Waals surface area contributed by atoms with Crippen molar-refractivity contribution in [2.75, 3.05) is 6.54 Å². The van der Waals surface area contributed by atoms with Crippen LogP contribution in [0, 0.1) is 5.92 Å². The van der Waals surface area contributed by atoms with Crippen LogP contribution in [-0.2, 0) is 4.79 Å². The molecule has 1 aliphatic rings. The maximum Gasteiger partial charge on any atom is 0.219 e. The first-order valence-electron chi connectivity index (χ1n) is 4.42. The molecule has 0 aromatic heterocycles. The molecule has 2 unspecified atom stereocenters. The average molecular weight is 155 g/mol. The summed E-state index contributed by atoms with van der Waals surface area (Å²) in [7, 11) is 0. The van der Waals surface area contributed by atoms with Gasteiger partial charge in [-0.1, -0.05) is 13.8 Å². The highest BCUT2D eigenvalue weighted by Gasteiger charge is 2.29. The van der Waals surface area contributed by atoms with E-state index in [-0.39, 0.29) is 5.91 Å². The van der Waals surface area contributed by atoms with E-state index in [1.165, 1.54) is 6.42 Å². The predicted molar refractivity (Wildman–Crippen MR) is 45.2 cm³/mol. The summed E-state index contributed by atoms with van der Waals surface area (Å²) < 4.78 is 0. The van der Waals surface area contributed by atoms with E-state index in [0.717, 1.165) is 13.0 Å². The lowest BCUT2D eigenvalue weighted by molar-refractivity contribution is -0.129. The van der Waals surface area contributed by atoms with Gasteiger partial charge in [0.25, 0.3) is 0 Å². The Bertz CT molecular complexity index is 156. The molecule has 1 rings (SSSR count). The van der Waals surface area contributed by atoms with E-state index >= 15 is 0 Å². The summed E-state index contributed by atoms with van der Waals surface area (Å²) in [5.41, 5.74) is 0. The van der Waals surface area contributed by atoms with Gasteiger partial charge in [-0.15, -0.1) is 0 Å². The minimum absolute atomic E-state index is 0.237. The van der Waals surface area contributed by atoms with Crippen LogP contribution in [0.25, 0.3) is 0 Å². The third kappa shape index (κ3) is 1.73. The lowest BCUT2D eigenvalue weighted by Gasteiger charge is -2.21. The Labute approximate surface area is 68.6 Å². The first kappa shape index (κ1) is 8.57. The summed E-state index contributed by atoms with van der Waals surface area (Å²) in [6.45, 7) is 7.00. The smallest absolute Gasteiger partial charge is 0.219 e. The van der Waals surface area contributed by atoms with Gasteiger partial charge in [-0.05, 0) is 18.8 Å². The zero-order valence-electron chi connectivity index (χ0n) is 7.63. The second-order valence-corrected chi connectivity index (χ2v) is 3.57. The van der Waals surface area contributed by atoms with Gasteiger partial charge in [-0.3, -0.25) is 4.79 Å². The van der Waals surface area contributed by atoms with Gasteiger partial charge in [0.05, 0.1) is 0 Å². The van der Waals surface area contributed by atoms with Crippen molar-refractivity contribution in [3.63, 3.8) is 0 Å². The fourth-order valence-corrected chi connectivity index (χ4v) is 1.92. The number of rotatable bonds is 1. The van der Waals surface area contributed by atoms with Gasteiger partial charge in [0.1, 0.15) is 0 Å². The molecule has 64 valence electrons. The molecule has 0 N–H and O–H groups in total. The molecule has 0 aliphatic carbocycles. The second-order valence-electron chi connectivity index (χ2n) is 3.57. The summed E-state index contributed by atoms with van der Waals surface area (Å²) >= 11 is 0. The molecule has 1 fully saturated rings. The fourth-order valence-electron chi connectivity index (χ4n) is 1.92. The van der Waals surface area contributed by atoms with E-state index in [2.05, 4.69) is 13.8 Å². The van der Waals surface area contributed by atoms with Crippen molar-refractivity contribution < 1.29 is 4.79 Å². The third-order valence-corrected chi connectivity index (χ3v) is 2.50. The number of likely N-dealkylation sites (tertiary alicyclic amines) is 1. The van der Waals surface area contributed by atoms with Crippen molar-refractivity contribution in [3.05, 3.63) is 0 Å². The molecule has 11 heavy (non-hydrogen) atoms. The van der Waals surface area contributed by atoms with E-state index < -0.39 is 0 Å². The van der Waals surface area contributed by atoms with Gasteiger partial charge in [0, 0.05) is 19.5 Å². The zero-order valence-corrected chi connectivity index (χ0v) is 7.63. The SMILES string of the molecule is CCC1CC(C)CN1C(C)=O. The van der Waals surface area contributed by atoms with Crippen LogP contribution in [0.5, 0.6) is 0 Å². The third-order valence-electron chi connectivity index (χ3n) is 2.50. The lowest BCUT2D eigenvalue weighted by atomic mass is 10.1. The van der Waals surface area contributed by atoms with E-state index in [0.29, 0.717) is 12.0 Å². The maximum atomic E-state index is 11.1. The van der Waals surface area contributed by atoms with Crippen LogP contribution in [0.1, 0.15) is 33.6 Å². The Morgan fingerprint density at radius 2 is 2.27 bits per heavy atom. The summed E-state index contributed by atoms with van der Waals surface area (Å²) in [5.74, 6) is 0.935. The van der Waals surface area contributed by atoms with Crippen molar-refractivity contribution in [2.45, 2.75) is 39.7 Å². The number of hydrogen-bond acceptors (Lipinski definition) is 1. The normalized spacial score (nSPS) is 31.0. The van der Waals surface area contributed by atoms with Crippen LogP contribution in [0.15, 0.2) is 0 Å². The standard InChI is InChI=1S/C9H17NO/c1-4-9-5-7(2)6-10(9)8(3)11/h7,9H,4-6H2,1-3H3. The van der Waals surface area contributed by atoms with Gasteiger partial charge >= 0.3 is 0 Å². The second kappa shape index (κ2) is 3.24. The topological polar surface area (TPSA) is 20.3 Å².